The van der Waals surface area contributed by atoms with Gasteiger partial charge in [0.25, 0.3) is 5.92 Å². The van der Waals surface area contributed by atoms with Crippen LogP contribution in [0.3, 0.4) is 0 Å². The van der Waals surface area contributed by atoms with Crippen molar-refractivity contribution in [2.45, 2.75) is 44.7 Å². The molecule has 1 N–H and O–H groups in total. The number of nitrogens with one attached hydrogen (secondary N) is 1. The van der Waals surface area contributed by atoms with E-state index in [4.69, 9.17) is 5.26 Å². The number of alkyl halides is 2. The van der Waals surface area contributed by atoms with Crippen LogP contribution in [0.15, 0.2) is 0 Å². The lowest BCUT2D eigenvalue weighted by Gasteiger charge is -2.29. The zero-order valence-corrected chi connectivity index (χ0v) is 10.3. The fraction of sp³-hybridized carbons (Fsp3) is 0.917. The predicted octanol–water partition coefficient (Wildman–Crippen LogP) is 1.61. The second-order valence-electron chi connectivity index (χ2n) is 5.76. The molecule has 2 aliphatic heterocycles. The lowest BCUT2D eigenvalue weighted by atomic mass is 9.91. The highest BCUT2D eigenvalue weighted by atomic mass is 19.3. The minimum atomic E-state index is -2.63. The molecule has 0 aromatic heterocycles. The van der Waals surface area contributed by atoms with Crippen molar-refractivity contribution >= 4 is 0 Å². The monoisotopic (exact) mass is 243 g/mol. The summed E-state index contributed by atoms with van der Waals surface area (Å²) >= 11 is 0. The smallest absolute Gasteiger partial charge is 0.276 e. The van der Waals surface area contributed by atoms with Crippen LogP contribution in [0, 0.1) is 16.7 Å². The molecule has 2 fully saturated rings. The Hall–Kier alpha value is -0.730. The molecule has 3 nitrogen and oxygen atoms in total. The van der Waals surface area contributed by atoms with Crippen molar-refractivity contribution in [1.29, 1.82) is 5.26 Å². The quantitative estimate of drug-likeness (QED) is 0.818. The molecule has 0 bridgehead atoms. The molecular weight excluding hydrogens is 224 g/mol. The molecule has 2 atom stereocenters. The number of hydrogen-bond acceptors (Lipinski definition) is 3. The fourth-order valence-corrected chi connectivity index (χ4v) is 2.73. The van der Waals surface area contributed by atoms with E-state index in [1.54, 1.807) is 0 Å². The number of rotatable bonds is 3. The van der Waals surface area contributed by atoms with Gasteiger partial charge in [0, 0.05) is 19.1 Å². The van der Waals surface area contributed by atoms with Crippen LogP contribution in [0.25, 0.3) is 0 Å². The average molecular weight is 243 g/mol. The molecule has 0 aromatic rings. The minimum Gasteiger partial charge on any atom is -0.306 e. The van der Waals surface area contributed by atoms with E-state index >= 15 is 0 Å². The van der Waals surface area contributed by atoms with Crippen LogP contribution >= 0.6 is 0 Å². The molecule has 0 aromatic carbocycles. The summed E-state index contributed by atoms with van der Waals surface area (Å²) in [7, 11) is 0. The molecule has 2 unspecified atom stereocenters. The van der Waals surface area contributed by atoms with Crippen molar-refractivity contribution in [1.82, 2.24) is 10.2 Å². The van der Waals surface area contributed by atoms with E-state index in [-0.39, 0.29) is 12.6 Å². The van der Waals surface area contributed by atoms with Gasteiger partial charge in [-0.2, -0.15) is 5.26 Å². The molecule has 96 valence electrons. The van der Waals surface area contributed by atoms with E-state index in [1.807, 2.05) is 18.7 Å². The van der Waals surface area contributed by atoms with Crippen molar-refractivity contribution < 1.29 is 8.78 Å². The summed E-state index contributed by atoms with van der Waals surface area (Å²) in [6.45, 7) is 4.79. The van der Waals surface area contributed by atoms with E-state index in [0.29, 0.717) is 19.5 Å². The number of hydrogen-bond donors (Lipinski definition) is 1. The molecule has 5 heteroatoms. The Kier molecular flexibility index (Phi) is 3.13. The molecule has 0 saturated carbocycles. The van der Waals surface area contributed by atoms with Crippen molar-refractivity contribution in [2.24, 2.45) is 5.41 Å². The second kappa shape index (κ2) is 4.18. The Morgan fingerprint density at radius 1 is 1.53 bits per heavy atom. The third-order valence-corrected chi connectivity index (χ3v) is 3.86. The number of nitriles is 1. The maximum Gasteiger partial charge on any atom is 0.276 e. The summed E-state index contributed by atoms with van der Waals surface area (Å²) < 4.78 is 27.4. The van der Waals surface area contributed by atoms with E-state index in [2.05, 4.69) is 11.4 Å². The zero-order chi connectivity index (χ0) is 12.7. The van der Waals surface area contributed by atoms with Crippen molar-refractivity contribution in [3.8, 4) is 6.07 Å². The van der Waals surface area contributed by atoms with Crippen molar-refractivity contribution in [3.05, 3.63) is 0 Å². The van der Waals surface area contributed by atoms with Gasteiger partial charge in [-0.05, 0) is 26.7 Å². The SMILES string of the molecule is CC(C)(C#N)CCN1CCC2NCC(F)(F)C21. The first kappa shape index (κ1) is 12.7. The average Bonchev–Trinajstić information content (AvgIpc) is 2.79. The van der Waals surface area contributed by atoms with E-state index in [0.717, 1.165) is 6.42 Å². The molecule has 0 radical (unpaired) electrons. The summed E-state index contributed by atoms with van der Waals surface area (Å²) in [5, 5.41) is 11.8. The maximum absolute atomic E-state index is 13.7. The van der Waals surface area contributed by atoms with Crippen LogP contribution in [-0.2, 0) is 0 Å². The molecule has 2 rings (SSSR count). The van der Waals surface area contributed by atoms with Crippen molar-refractivity contribution in [3.63, 3.8) is 0 Å². The van der Waals surface area contributed by atoms with E-state index < -0.39 is 17.4 Å². The maximum atomic E-state index is 13.7. The van der Waals surface area contributed by atoms with Crippen LogP contribution in [0.4, 0.5) is 8.78 Å². The van der Waals surface area contributed by atoms with Crippen LogP contribution < -0.4 is 5.32 Å². The Balaban J connectivity index is 1.97. The summed E-state index contributed by atoms with van der Waals surface area (Å²) in [6, 6.07) is 1.47. The first-order chi connectivity index (χ1) is 7.86. The number of halogens is 2. The van der Waals surface area contributed by atoms with Gasteiger partial charge >= 0.3 is 0 Å². The Bertz CT molecular complexity index is 335. The molecule has 2 aliphatic rings. The normalized spacial score (nSPS) is 32.4. The molecule has 0 aliphatic carbocycles. The number of nitrogens with zero attached hydrogens (tertiary/aromatic N) is 2. The lowest BCUT2D eigenvalue weighted by Crippen LogP contribution is -2.46. The Morgan fingerprint density at radius 2 is 2.24 bits per heavy atom. The Morgan fingerprint density at radius 3 is 2.88 bits per heavy atom. The van der Waals surface area contributed by atoms with Crippen LogP contribution in [0.5, 0.6) is 0 Å². The lowest BCUT2D eigenvalue weighted by molar-refractivity contribution is -0.0423. The number of likely N-dealkylation sites (tertiary alicyclic amines) is 1. The molecule has 17 heavy (non-hydrogen) atoms. The van der Waals surface area contributed by atoms with Gasteiger partial charge in [-0.15, -0.1) is 0 Å². The summed E-state index contributed by atoms with van der Waals surface area (Å²) in [6.07, 6.45) is 1.43. The van der Waals surface area contributed by atoms with Gasteiger partial charge < -0.3 is 5.32 Å². The topological polar surface area (TPSA) is 39.1 Å². The minimum absolute atomic E-state index is 0.0739. The standard InChI is InChI=1S/C12H19F2N3/c1-11(2,7-15)4-6-17-5-3-9-10(17)12(13,14)8-16-9/h9-10,16H,3-6,8H2,1-2H3. The van der Waals surface area contributed by atoms with Crippen LogP contribution in [0.2, 0.25) is 0 Å². The highest BCUT2D eigenvalue weighted by Crippen LogP contribution is 2.36. The largest absolute Gasteiger partial charge is 0.306 e. The molecule has 0 amide bonds. The third kappa shape index (κ3) is 2.43. The summed E-state index contributed by atoms with van der Waals surface area (Å²) in [4.78, 5) is 1.85. The van der Waals surface area contributed by atoms with Crippen LogP contribution in [-0.4, -0.2) is 42.5 Å². The van der Waals surface area contributed by atoms with E-state index in [1.165, 1.54) is 0 Å². The molecule has 0 spiro atoms. The van der Waals surface area contributed by atoms with Gasteiger partial charge in [0.05, 0.1) is 24.1 Å². The first-order valence-electron chi connectivity index (χ1n) is 6.12. The van der Waals surface area contributed by atoms with Crippen LogP contribution in [0.1, 0.15) is 26.7 Å². The number of fused-ring (bicyclic) bond motifs is 1. The summed E-state index contributed by atoms with van der Waals surface area (Å²) in [5.41, 5.74) is -0.431. The van der Waals surface area contributed by atoms with Gasteiger partial charge in [0.15, 0.2) is 0 Å². The Labute approximate surface area is 101 Å². The first-order valence-corrected chi connectivity index (χ1v) is 6.12. The second-order valence-corrected chi connectivity index (χ2v) is 5.76. The third-order valence-electron chi connectivity index (χ3n) is 3.86. The van der Waals surface area contributed by atoms with Crippen molar-refractivity contribution in [2.75, 3.05) is 19.6 Å². The summed E-state index contributed by atoms with van der Waals surface area (Å²) in [5.74, 6) is -2.63. The van der Waals surface area contributed by atoms with Gasteiger partial charge in [-0.3, -0.25) is 4.90 Å². The molecule has 2 heterocycles. The van der Waals surface area contributed by atoms with Gasteiger partial charge in [-0.1, -0.05) is 0 Å². The fourth-order valence-electron chi connectivity index (χ4n) is 2.73. The highest BCUT2D eigenvalue weighted by Gasteiger charge is 2.55. The zero-order valence-electron chi connectivity index (χ0n) is 10.3. The van der Waals surface area contributed by atoms with E-state index in [9.17, 15) is 8.78 Å². The van der Waals surface area contributed by atoms with Gasteiger partial charge in [0.1, 0.15) is 0 Å². The molecule has 2 saturated heterocycles. The highest BCUT2D eigenvalue weighted by molar-refractivity contribution is 5.07. The predicted molar refractivity (Wildman–Crippen MR) is 60.7 cm³/mol. The van der Waals surface area contributed by atoms with Gasteiger partial charge in [-0.25, -0.2) is 8.78 Å². The molecular formula is C12H19F2N3. The van der Waals surface area contributed by atoms with Gasteiger partial charge in [0.2, 0.25) is 0 Å².